The second-order valence-electron chi connectivity index (χ2n) is 8.03. The lowest BCUT2D eigenvalue weighted by molar-refractivity contribution is 0.517. The van der Waals surface area contributed by atoms with E-state index in [2.05, 4.69) is 123 Å². The molecule has 4 aromatic rings. The van der Waals surface area contributed by atoms with Gasteiger partial charge in [0, 0.05) is 24.7 Å². The van der Waals surface area contributed by atoms with Gasteiger partial charge >= 0.3 is 0 Å². The predicted molar refractivity (Wildman–Crippen MR) is 146 cm³/mol. The van der Waals surface area contributed by atoms with Crippen LogP contribution in [0.2, 0.25) is 0 Å². The van der Waals surface area contributed by atoms with Crippen molar-refractivity contribution in [2.75, 3.05) is 5.75 Å². The van der Waals surface area contributed by atoms with Crippen molar-refractivity contribution < 1.29 is 0 Å². The number of aromatic nitrogens is 3. The first-order valence-electron chi connectivity index (χ1n) is 11.6. The molecule has 1 aliphatic carbocycles. The van der Waals surface area contributed by atoms with Gasteiger partial charge in [-0.2, -0.15) is 11.8 Å². The smallest absolute Gasteiger partial charge is 0.121 e. The first kappa shape index (κ1) is 23.3. The zero-order valence-electron chi connectivity index (χ0n) is 19.4. The van der Waals surface area contributed by atoms with Gasteiger partial charge in [-0.1, -0.05) is 103 Å². The third kappa shape index (κ3) is 4.72. The molecule has 0 spiro atoms. The van der Waals surface area contributed by atoms with Crippen LogP contribution in [0.4, 0.5) is 0 Å². The molecule has 5 radical (unpaired) electrons. The molecule has 0 bridgehead atoms. The minimum absolute atomic E-state index is 0.0708. The molecule has 5 rings (SSSR count). The maximum atomic E-state index is 4.80. The lowest BCUT2D eigenvalue weighted by Crippen LogP contribution is -2.32. The van der Waals surface area contributed by atoms with Crippen molar-refractivity contribution in [2.24, 2.45) is 0 Å². The average molecular weight is 481 g/mol. The molecule has 1 heterocycles. The van der Waals surface area contributed by atoms with E-state index in [-0.39, 0.29) is 6.04 Å². The molecule has 0 unspecified atom stereocenters. The van der Waals surface area contributed by atoms with Crippen LogP contribution in [0.1, 0.15) is 19.9 Å². The SMILES string of the molecule is CCS[C]1[CH][CH][CH][C]1[C@H](C)n1nnc(-c2ccccc2)c1P(c1ccccc1)c1ccccc1. The molecule has 3 nitrogen and oxygen atoms in total. The highest BCUT2D eigenvalue weighted by molar-refractivity contribution is 8.02. The quantitative estimate of drug-likeness (QED) is 0.301. The first-order chi connectivity index (χ1) is 16.8. The van der Waals surface area contributed by atoms with E-state index in [1.165, 1.54) is 27.2 Å². The summed E-state index contributed by atoms with van der Waals surface area (Å²) in [7, 11) is -0.869. The van der Waals surface area contributed by atoms with E-state index in [1.807, 2.05) is 17.8 Å². The van der Waals surface area contributed by atoms with Gasteiger partial charge in [0.15, 0.2) is 0 Å². The fourth-order valence-electron chi connectivity index (χ4n) is 4.27. The van der Waals surface area contributed by atoms with Crippen molar-refractivity contribution in [1.82, 2.24) is 15.0 Å². The van der Waals surface area contributed by atoms with E-state index in [9.17, 15) is 0 Å². The summed E-state index contributed by atoms with van der Waals surface area (Å²) in [5.41, 5.74) is 3.24. The van der Waals surface area contributed by atoms with Crippen LogP contribution in [0.5, 0.6) is 0 Å². The van der Waals surface area contributed by atoms with Gasteiger partial charge < -0.3 is 0 Å². The molecule has 169 valence electrons. The van der Waals surface area contributed by atoms with Crippen LogP contribution in [-0.2, 0) is 0 Å². The molecule has 5 heteroatoms. The lowest BCUT2D eigenvalue weighted by Gasteiger charge is -2.28. The van der Waals surface area contributed by atoms with Crippen LogP contribution in [-0.4, -0.2) is 20.7 Å². The van der Waals surface area contributed by atoms with Gasteiger partial charge in [-0.05, 0) is 42.5 Å². The Bertz CT molecular complexity index is 1140. The molecular weight excluding hydrogens is 453 g/mol. The molecule has 3 aromatic carbocycles. The summed E-state index contributed by atoms with van der Waals surface area (Å²) in [6.45, 7) is 4.44. The van der Waals surface area contributed by atoms with Crippen molar-refractivity contribution in [1.29, 1.82) is 0 Å². The summed E-state index contributed by atoms with van der Waals surface area (Å²) in [6, 6.07) is 32.1. The number of rotatable bonds is 8. The summed E-state index contributed by atoms with van der Waals surface area (Å²) in [5.74, 6) is 2.35. The van der Waals surface area contributed by atoms with Crippen LogP contribution in [0.25, 0.3) is 11.3 Å². The molecule has 1 fully saturated rings. The molecule has 0 N–H and O–H groups in total. The average Bonchev–Trinajstić information content (AvgIpc) is 3.54. The number of hydrogen-bond acceptors (Lipinski definition) is 3. The zero-order valence-corrected chi connectivity index (χ0v) is 21.1. The Morgan fingerprint density at radius 1 is 0.824 bits per heavy atom. The fraction of sp³-hybridized carbons (Fsp3) is 0.138. The van der Waals surface area contributed by atoms with Gasteiger partial charge in [0.25, 0.3) is 0 Å². The summed E-state index contributed by atoms with van der Waals surface area (Å²) >= 11 is 1.89. The second-order valence-corrected chi connectivity index (χ2v) is 11.5. The lowest BCUT2D eigenvalue weighted by atomic mass is 9.99. The Morgan fingerprint density at radius 2 is 1.41 bits per heavy atom. The van der Waals surface area contributed by atoms with Crippen LogP contribution < -0.4 is 16.0 Å². The van der Waals surface area contributed by atoms with Gasteiger partial charge in [0.2, 0.25) is 0 Å². The standard InChI is InChI=1S/C29H27N3PS/c1-3-34-27-21-13-20-26(27)22(2)32-29(28(30-31-32)23-14-7-4-8-15-23)33(24-16-9-5-10-17-24)25-18-11-6-12-19-25/h4-22H,3H2,1-2H3/t22-/m0/s1. The van der Waals surface area contributed by atoms with Crippen molar-refractivity contribution >= 4 is 35.7 Å². The van der Waals surface area contributed by atoms with E-state index >= 15 is 0 Å². The monoisotopic (exact) mass is 480 g/mol. The fourth-order valence-corrected chi connectivity index (χ4v) is 7.69. The number of nitrogens with zero attached hydrogens (tertiary/aromatic N) is 3. The Hall–Kier alpha value is -2.42. The molecule has 1 atom stereocenters. The first-order valence-corrected chi connectivity index (χ1v) is 13.9. The highest BCUT2D eigenvalue weighted by Crippen LogP contribution is 2.47. The Labute approximate surface area is 208 Å². The molecule has 0 saturated heterocycles. The third-order valence-corrected chi connectivity index (χ3v) is 9.32. The molecular formula is C29H27N3PS. The summed E-state index contributed by atoms with van der Waals surface area (Å²) in [6.07, 6.45) is 6.59. The van der Waals surface area contributed by atoms with Crippen molar-refractivity contribution in [3.63, 3.8) is 0 Å². The van der Waals surface area contributed by atoms with Gasteiger partial charge in [-0.15, -0.1) is 5.10 Å². The number of hydrogen-bond donors (Lipinski definition) is 0. The number of benzene rings is 3. The molecule has 1 aliphatic rings. The van der Waals surface area contributed by atoms with E-state index in [4.69, 9.17) is 10.3 Å². The molecule has 34 heavy (non-hydrogen) atoms. The predicted octanol–water partition coefficient (Wildman–Crippen LogP) is 5.75. The van der Waals surface area contributed by atoms with E-state index in [1.54, 1.807) is 0 Å². The topological polar surface area (TPSA) is 30.7 Å². The van der Waals surface area contributed by atoms with Gasteiger partial charge in [0.05, 0.1) is 11.5 Å². The van der Waals surface area contributed by atoms with Crippen LogP contribution in [0.15, 0.2) is 91.0 Å². The van der Waals surface area contributed by atoms with Crippen LogP contribution in [0, 0.1) is 30.4 Å². The van der Waals surface area contributed by atoms with Gasteiger partial charge in [-0.25, -0.2) is 4.68 Å². The van der Waals surface area contributed by atoms with E-state index in [0.717, 1.165) is 17.0 Å². The highest BCUT2D eigenvalue weighted by Gasteiger charge is 2.37. The Kier molecular flexibility index (Phi) is 7.47. The van der Waals surface area contributed by atoms with Crippen molar-refractivity contribution in [3.05, 3.63) is 121 Å². The third-order valence-electron chi connectivity index (χ3n) is 5.88. The molecule has 1 aromatic heterocycles. The van der Waals surface area contributed by atoms with Gasteiger partial charge in [-0.3, -0.25) is 0 Å². The van der Waals surface area contributed by atoms with E-state index < -0.39 is 7.92 Å². The highest BCUT2D eigenvalue weighted by atomic mass is 32.2. The van der Waals surface area contributed by atoms with Crippen molar-refractivity contribution in [2.45, 2.75) is 19.9 Å². The Balaban J connectivity index is 1.69. The molecule has 0 aliphatic heterocycles. The van der Waals surface area contributed by atoms with Crippen molar-refractivity contribution in [3.8, 4) is 11.3 Å². The summed E-state index contributed by atoms with van der Waals surface area (Å²) in [4.78, 5) is 0. The maximum absolute atomic E-state index is 4.80. The minimum Gasteiger partial charge on any atom is -0.240 e. The maximum Gasteiger partial charge on any atom is 0.121 e. The minimum atomic E-state index is -0.869. The molecule has 0 amide bonds. The van der Waals surface area contributed by atoms with Crippen LogP contribution in [0.3, 0.4) is 0 Å². The van der Waals surface area contributed by atoms with Gasteiger partial charge in [0.1, 0.15) is 5.69 Å². The second kappa shape index (κ2) is 10.9. The number of thioether (sulfide) groups is 1. The molecule has 1 saturated carbocycles. The zero-order chi connectivity index (χ0) is 23.3. The summed E-state index contributed by atoms with van der Waals surface area (Å²) in [5, 5.41) is 13.5. The summed E-state index contributed by atoms with van der Waals surface area (Å²) < 4.78 is 2.17. The largest absolute Gasteiger partial charge is 0.240 e. The van der Waals surface area contributed by atoms with E-state index in [0.29, 0.717) is 0 Å². The van der Waals surface area contributed by atoms with Crippen LogP contribution >= 0.6 is 19.7 Å². The normalized spacial score (nSPS) is 15.7. The Morgan fingerprint density at radius 3 is 2.00 bits per heavy atom.